The Labute approximate surface area is 86.1 Å². The zero-order valence-corrected chi connectivity index (χ0v) is 8.20. The first-order valence-corrected chi connectivity index (χ1v) is 4.91. The Kier molecular flexibility index (Phi) is 2.42. The van der Waals surface area contributed by atoms with Crippen molar-refractivity contribution in [1.29, 1.82) is 0 Å². The molecule has 1 aliphatic heterocycles. The fourth-order valence-corrected chi connectivity index (χ4v) is 1.83. The van der Waals surface area contributed by atoms with Crippen molar-refractivity contribution >= 4 is 23.2 Å². The molecule has 1 aromatic carbocycles. The zero-order valence-electron chi connectivity index (χ0n) is 7.44. The minimum atomic E-state index is -0.367. The van der Waals surface area contributed by atoms with Crippen LogP contribution in [0.25, 0.3) is 0 Å². The topological polar surface area (TPSA) is 29.1 Å². The van der Waals surface area contributed by atoms with Crippen LogP contribution in [0.5, 0.6) is 0 Å². The summed E-state index contributed by atoms with van der Waals surface area (Å²) in [6.45, 7) is 0. The Morgan fingerprint density at radius 1 is 1.50 bits per heavy atom. The Morgan fingerprint density at radius 3 is 3.00 bits per heavy atom. The van der Waals surface area contributed by atoms with Gasteiger partial charge in [-0.1, -0.05) is 6.07 Å². The van der Waals surface area contributed by atoms with Crippen molar-refractivity contribution in [2.45, 2.75) is 12.8 Å². The van der Waals surface area contributed by atoms with E-state index >= 15 is 0 Å². The minimum absolute atomic E-state index is 0.151. The van der Waals surface area contributed by atoms with Gasteiger partial charge < -0.3 is 5.32 Å². The number of halogens is 2. The molecule has 0 bridgehead atoms. The molecule has 1 amide bonds. The molecule has 0 saturated carbocycles. The third kappa shape index (κ3) is 1.60. The summed E-state index contributed by atoms with van der Waals surface area (Å²) in [6, 6.07) is 3.26. The van der Waals surface area contributed by atoms with Gasteiger partial charge >= 0.3 is 0 Å². The highest BCUT2D eigenvalue weighted by Gasteiger charge is 2.21. The number of alkyl halides is 1. The van der Waals surface area contributed by atoms with Crippen LogP contribution >= 0.6 is 11.6 Å². The predicted octanol–water partition coefficient (Wildman–Crippen LogP) is 2.10. The van der Waals surface area contributed by atoms with Gasteiger partial charge in [-0.3, -0.25) is 4.79 Å². The van der Waals surface area contributed by atoms with Crippen molar-refractivity contribution in [3.63, 3.8) is 0 Å². The third-order valence-corrected chi connectivity index (χ3v) is 2.42. The lowest BCUT2D eigenvalue weighted by Crippen LogP contribution is -2.04. The highest BCUT2D eigenvalue weighted by molar-refractivity contribution is 6.18. The standard InChI is InChI=1S/C10H9ClFNO/c11-2-1-6-3-7-5-9(14)13-10(7)8(12)4-6/h3-4H,1-2,5H2,(H,13,14). The smallest absolute Gasteiger partial charge is 0.228 e. The van der Waals surface area contributed by atoms with E-state index in [0.29, 0.717) is 18.0 Å². The molecular formula is C10H9ClFNO. The summed E-state index contributed by atoms with van der Waals surface area (Å²) in [4.78, 5) is 11.0. The largest absolute Gasteiger partial charge is 0.323 e. The lowest BCUT2D eigenvalue weighted by molar-refractivity contribution is -0.115. The molecule has 2 nitrogen and oxygen atoms in total. The SMILES string of the molecule is O=C1Cc2cc(CCCl)cc(F)c2N1. The van der Waals surface area contributed by atoms with E-state index < -0.39 is 0 Å². The molecule has 0 spiro atoms. The van der Waals surface area contributed by atoms with E-state index in [1.807, 2.05) is 6.07 Å². The van der Waals surface area contributed by atoms with Gasteiger partial charge in [0.2, 0.25) is 5.91 Å². The van der Waals surface area contributed by atoms with Gasteiger partial charge in [-0.25, -0.2) is 4.39 Å². The first-order valence-electron chi connectivity index (χ1n) is 4.38. The van der Waals surface area contributed by atoms with Crippen LogP contribution in [0.15, 0.2) is 12.1 Å². The number of nitrogens with one attached hydrogen (secondary N) is 1. The number of fused-ring (bicyclic) bond motifs is 1. The fraction of sp³-hybridized carbons (Fsp3) is 0.300. The fourth-order valence-electron chi connectivity index (χ4n) is 1.62. The molecule has 0 unspecified atom stereocenters. The van der Waals surface area contributed by atoms with Crippen LogP contribution in [0.2, 0.25) is 0 Å². The van der Waals surface area contributed by atoms with Gasteiger partial charge in [-0.05, 0) is 23.6 Å². The molecule has 4 heteroatoms. The number of carbonyl (C=O) groups is 1. The van der Waals surface area contributed by atoms with Gasteiger partial charge in [0.1, 0.15) is 5.82 Å². The number of carbonyl (C=O) groups excluding carboxylic acids is 1. The third-order valence-electron chi connectivity index (χ3n) is 2.23. The molecule has 0 radical (unpaired) electrons. The summed E-state index contributed by atoms with van der Waals surface area (Å²) in [6.07, 6.45) is 0.891. The maximum absolute atomic E-state index is 13.4. The molecule has 0 saturated heterocycles. The highest BCUT2D eigenvalue weighted by Crippen LogP contribution is 2.27. The van der Waals surface area contributed by atoms with Crippen molar-refractivity contribution in [1.82, 2.24) is 0 Å². The molecule has 74 valence electrons. The molecule has 1 N–H and O–H groups in total. The van der Waals surface area contributed by atoms with E-state index in [2.05, 4.69) is 5.32 Å². The molecule has 0 fully saturated rings. The number of rotatable bonds is 2. The lowest BCUT2D eigenvalue weighted by atomic mass is 10.1. The van der Waals surface area contributed by atoms with E-state index in [9.17, 15) is 9.18 Å². The van der Waals surface area contributed by atoms with Crippen LogP contribution < -0.4 is 5.32 Å². The van der Waals surface area contributed by atoms with Crippen LogP contribution in [0, 0.1) is 5.82 Å². The lowest BCUT2D eigenvalue weighted by Gasteiger charge is -2.03. The predicted molar refractivity (Wildman–Crippen MR) is 53.2 cm³/mol. The summed E-state index contributed by atoms with van der Waals surface area (Å²) in [5, 5.41) is 2.49. The van der Waals surface area contributed by atoms with Crippen molar-refractivity contribution in [2.75, 3.05) is 11.2 Å². The molecule has 1 heterocycles. The average Bonchev–Trinajstić information content (AvgIpc) is 2.47. The van der Waals surface area contributed by atoms with Crippen molar-refractivity contribution in [3.05, 3.63) is 29.1 Å². The quantitative estimate of drug-likeness (QED) is 0.749. The van der Waals surface area contributed by atoms with Crippen LogP contribution in [0.3, 0.4) is 0 Å². The van der Waals surface area contributed by atoms with Crippen LogP contribution in [0.4, 0.5) is 10.1 Å². The van der Waals surface area contributed by atoms with Crippen molar-refractivity contribution in [3.8, 4) is 0 Å². The Bertz CT molecular complexity index is 392. The number of anilines is 1. The maximum Gasteiger partial charge on any atom is 0.228 e. The van der Waals surface area contributed by atoms with E-state index in [4.69, 9.17) is 11.6 Å². The van der Waals surface area contributed by atoms with Gasteiger partial charge in [0, 0.05) is 5.88 Å². The summed E-state index contributed by atoms with van der Waals surface area (Å²) in [7, 11) is 0. The van der Waals surface area contributed by atoms with Gasteiger partial charge in [0.05, 0.1) is 12.1 Å². The second-order valence-corrected chi connectivity index (χ2v) is 3.65. The molecule has 2 rings (SSSR count). The molecule has 0 aromatic heterocycles. The molecule has 14 heavy (non-hydrogen) atoms. The van der Waals surface area contributed by atoms with E-state index in [-0.39, 0.29) is 18.1 Å². The van der Waals surface area contributed by atoms with Crippen LogP contribution in [-0.4, -0.2) is 11.8 Å². The average molecular weight is 214 g/mol. The number of hydrogen-bond donors (Lipinski definition) is 1. The second-order valence-electron chi connectivity index (χ2n) is 3.28. The number of benzene rings is 1. The van der Waals surface area contributed by atoms with Crippen molar-refractivity contribution in [2.24, 2.45) is 0 Å². The molecular weight excluding hydrogens is 205 g/mol. The van der Waals surface area contributed by atoms with Gasteiger partial charge in [-0.15, -0.1) is 11.6 Å². The number of aryl methyl sites for hydroxylation is 1. The van der Waals surface area contributed by atoms with E-state index in [1.54, 1.807) is 0 Å². The molecule has 1 aliphatic rings. The number of amides is 1. The Hall–Kier alpha value is -1.09. The van der Waals surface area contributed by atoms with Gasteiger partial charge in [0.15, 0.2) is 0 Å². The molecule has 0 atom stereocenters. The second kappa shape index (κ2) is 3.58. The first-order chi connectivity index (χ1) is 6.70. The van der Waals surface area contributed by atoms with Crippen LogP contribution in [0.1, 0.15) is 11.1 Å². The minimum Gasteiger partial charge on any atom is -0.323 e. The van der Waals surface area contributed by atoms with Gasteiger partial charge in [0.25, 0.3) is 0 Å². The summed E-state index contributed by atoms with van der Waals surface area (Å²) in [5.74, 6) is -0.0602. The van der Waals surface area contributed by atoms with E-state index in [1.165, 1.54) is 6.07 Å². The summed E-state index contributed by atoms with van der Waals surface area (Å²) < 4.78 is 13.4. The van der Waals surface area contributed by atoms with Crippen LogP contribution in [-0.2, 0) is 17.6 Å². The monoisotopic (exact) mass is 213 g/mol. The highest BCUT2D eigenvalue weighted by atomic mass is 35.5. The Balaban J connectivity index is 2.40. The first kappa shape index (κ1) is 9.46. The Morgan fingerprint density at radius 2 is 2.29 bits per heavy atom. The van der Waals surface area contributed by atoms with E-state index in [0.717, 1.165) is 11.1 Å². The zero-order chi connectivity index (χ0) is 10.1. The number of hydrogen-bond acceptors (Lipinski definition) is 1. The van der Waals surface area contributed by atoms with Gasteiger partial charge in [-0.2, -0.15) is 0 Å². The molecule has 1 aromatic rings. The van der Waals surface area contributed by atoms with Crippen molar-refractivity contribution < 1.29 is 9.18 Å². The molecule has 0 aliphatic carbocycles. The normalized spacial score (nSPS) is 14.0. The summed E-state index contributed by atoms with van der Waals surface area (Å²) in [5.41, 5.74) is 1.90. The summed E-state index contributed by atoms with van der Waals surface area (Å²) >= 11 is 5.56. The maximum atomic E-state index is 13.4.